The first-order valence-electron chi connectivity index (χ1n) is 21.8. The molecule has 0 aliphatic heterocycles. The number of furan rings is 1. The van der Waals surface area contributed by atoms with Crippen molar-refractivity contribution in [1.82, 2.24) is 19.5 Å². The molecule has 0 aliphatic rings. The highest BCUT2D eigenvalue weighted by atomic mass is 32.1. The van der Waals surface area contributed by atoms with Gasteiger partial charge in [0.25, 0.3) is 0 Å². The van der Waals surface area contributed by atoms with Crippen LogP contribution in [0.4, 0.5) is 0 Å². The molecule has 4 aromatic heterocycles. The van der Waals surface area contributed by atoms with Crippen LogP contribution in [-0.4, -0.2) is 19.5 Å². The van der Waals surface area contributed by atoms with Gasteiger partial charge < -0.3 is 8.98 Å². The lowest BCUT2D eigenvalue weighted by Gasteiger charge is -2.13. The van der Waals surface area contributed by atoms with E-state index in [9.17, 15) is 0 Å². The zero-order valence-electron chi connectivity index (χ0n) is 34.7. The van der Waals surface area contributed by atoms with E-state index in [0.29, 0.717) is 17.5 Å². The van der Waals surface area contributed by atoms with E-state index in [1.165, 1.54) is 41.7 Å². The number of benzene rings is 10. The monoisotopic (exact) mass is 846 g/mol. The molecule has 65 heavy (non-hydrogen) atoms. The van der Waals surface area contributed by atoms with Gasteiger partial charge in [0.2, 0.25) is 0 Å². The standard InChI is InChI=1S/C59H34N4OS/c1-2-12-35(13-3-1)36-22-24-38(25-23-36)57-60-58(41-26-28-46-45-19-9-11-21-53(45)65-54(46)32-41)62-59(61-57)49-34-42(33-48-55-43-17-7-6-14-37(43)27-29-52(55)64-56(48)49)63-50-20-10-8-18-44(50)47-30-39-15-4-5-16-40(39)31-51(47)63/h1-34H. The van der Waals surface area contributed by atoms with Gasteiger partial charge in [-0.25, -0.2) is 15.0 Å². The Kier molecular flexibility index (Phi) is 7.79. The average Bonchev–Trinajstić information content (AvgIpc) is 4.05. The molecule has 0 N–H and O–H groups in total. The van der Waals surface area contributed by atoms with Gasteiger partial charge in [-0.1, -0.05) is 158 Å². The highest BCUT2D eigenvalue weighted by Crippen LogP contribution is 2.44. The minimum Gasteiger partial charge on any atom is -0.455 e. The summed E-state index contributed by atoms with van der Waals surface area (Å²) in [5.41, 5.74) is 9.67. The summed E-state index contributed by atoms with van der Waals surface area (Å²) in [6.45, 7) is 0. The molecule has 0 atom stereocenters. The van der Waals surface area contributed by atoms with E-state index in [2.05, 4.69) is 205 Å². The third kappa shape index (κ3) is 5.67. The van der Waals surface area contributed by atoms with Crippen molar-refractivity contribution in [3.63, 3.8) is 0 Å². The quantitative estimate of drug-likeness (QED) is 0.173. The molecule has 0 aliphatic carbocycles. The molecule has 4 heterocycles. The predicted octanol–water partition coefficient (Wildman–Crippen LogP) is 16.2. The van der Waals surface area contributed by atoms with Crippen molar-refractivity contribution < 1.29 is 4.42 Å². The fourth-order valence-electron chi connectivity index (χ4n) is 9.92. The Labute approximate surface area is 376 Å². The van der Waals surface area contributed by atoms with Crippen molar-refractivity contribution in [2.75, 3.05) is 0 Å². The lowest BCUT2D eigenvalue weighted by Crippen LogP contribution is -2.01. The smallest absolute Gasteiger partial charge is 0.167 e. The topological polar surface area (TPSA) is 56.7 Å². The molecule has 6 heteroatoms. The van der Waals surface area contributed by atoms with E-state index in [1.807, 2.05) is 6.07 Å². The molecular weight excluding hydrogens is 813 g/mol. The van der Waals surface area contributed by atoms with Crippen molar-refractivity contribution in [1.29, 1.82) is 0 Å². The maximum absolute atomic E-state index is 6.99. The molecule has 5 nitrogen and oxygen atoms in total. The van der Waals surface area contributed by atoms with Crippen LogP contribution >= 0.6 is 11.3 Å². The Balaban J connectivity index is 1.07. The summed E-state index contributed by atoms with van der Waals surface area (Å²) in [6, 6.07) is 73.3. The van der Waals surface area contributed by atoms with Crippen LogP contribution in [0.2, 0.25) is 0 Å². The molecule has 14 aromatic rings. The van der Waals surface area contributed by atoms with Crippen molar-refractivity contribution in [3.8, 4) is 51.0 Å². The van der Waals surface area contributed by atoms with Gasteiger partial charge >= 0.3 is 0 Å². The number of nitrogens with zero attached hydrogens (tertiary/aromatic N) is 4. The highest BCUT2D eigenvalue weighted by molar-refractivity contribution is 7.25. The maximum Gasteiger partial charge on any atom is 0.167 e. The zero-order chi connectivity index (χ0) is 42.6. The molecule has 302 valence electrons. The number of para-hydroxylation sites is 1. The first kappa shape index (κ1) is 36.1. The maximum atomic E-state index is 6.99. The summed E-state index contributed by atoms with van der Waals surface area (Å²) in [7, 11) is 0. The van der Waals surface area contributed by atoms with Gasteiger partial charge in [-0.05, 0) is 81.2 Å². The Morgan fingerprint density at radius 2 is 1.00 bits per heavy atom. The third-order valence-electron chi connectivity index (χ3n) is 13.0. The summed E-state index contributed by atoms with van der Waals surface area (Å²) in [6.07, 6.45) is 0. The van der Waals surface area contributed by atoms with Crippen LogP contribution in [0.15, 0.2) is 211 Å². The van der Waals surface area contributed by atoms with Gasteiger partial charge in [-0.3, -0.25) is 0 Å². The van der Waals surface area contributed by atoms with Crippen LogP contribution < -0.4 is 0 Å². The predicted molar refractivity (Wildman–Crippen MR) is 271 cm³/mol. The SMILES string of the molecule is c1ccc(-c2ccc(-c3nc(-c4ccc5c(c4)sc4ccccc45)nc(-c4cc(-n5c6ccccc6c6cc7ccccc7cc65)cc5c4oc4ccc6ccccc6c45)n3)cc2)cc1. The largest absolute Gasteiger partial charge is 0.455 e. The van der Waals surface area contributed by atoms with E-state index in [4.69, 9.17) is 19.4 Å². The molecule has 0 unspecified atom stereocenters. The number of rotatable bonds is 5. The number of hydrogen-bond acceptors (Lipinski definition) is 5. The minimum atomic E-state index is 0.537. The highest BCUT2D eigenvalue weighted by Gasteiger charge is 2.23. The second-order valence-corrected chi connectivity index (χ2v) is 17.8. The van der Waals surface area contributed by atoms with Crippen LogP contribution in [-0.2, 0) is 0 Å². The van der Waals surface area contributed by atoms with Crippen LogP contribution in [0.3, 0.4) is 0 Å². The van der Waals surface area contributed by atoms with Crippen LogP contribution in [0.25, 0.3) is 136 Å². The fraction of sp³-hybridized carbons (Fsp3) is 0. The van der Waals surface area contributed by atoms with Gasteiger partial charge in [0.1, 0.15) is 11.2 Å². The molecule has 0 saturated heterocycles. The molecule has 0 amide bonds. The van der Waals surface area contributed by atoms with E-state index >= 15 is 0 Å². The normalized spacial score (nSPS) is 12.0. The Morgan fingerprint density at radius 1 is 0.369 bits per heavy atom. The number of thiophene rings is 1. The molecular formula is C59H34N4OS. The fourth-order valence-corrected chi connectivity index (χ4v) is 11.1. The first-order chi connectivity index (χ1) is 32.2. The molecule has 0 bridgehead atoms. The lowest BCUT2D eigenvalue weighted by molar-refractivity contribution is 0.669. The molecule has 0 saturated carbocycles. The van der Waals surface area contributed by atoms with Gasteiger partial charge in [-0.2, -0.15) is 0 Å². The molecule has 0 fully saturated rings. The van der Waals surface area contributed by atoms with Gasteiger partial charge in [-0.15, -0.1) is 11.3 Å². The van der Waals surface area contributed by atoms with Gasteiger partial charge in [0.15, 0.2) is 17.5 Å². The molecule has 14 rings (SSSR count). The van der Waals surface area contributed by atoms with E-state index in [-0.39, 0.29) is 0 Å². The Hall–Kier alpha value is -8.45. The number of hydrogen-bond donors (Lipinski definition) is 0. The van der Waals surface area contributed by atoms with E-state index in [0.717, 1.165) is 77.2 Å². The second kappa shape index (κ2) is 14.0. The Bertz CT molecular complexity index is 4240. The molecule has 0 spiro atoms. The molecule has 10 aromatic carbocycles. The number of aromatic nitrogens is 4. The summed E-state index contributed by atoms with van der Waals surface area (Å²) >= 11 is 1.79. The second-order valence-electron chi connectivity index (χ2n) is 16.8. The first-order valence-corrected chi connectivity index (χ1v) is 22.6. The average molecular weight is 847 g/mol. The van der Waals surface area contributed by atoms with Crippen LogP contribution in [0.1, 0.15) is 0 Å². The van der Waals surface area contributed by atoms with Crippen molar-refractivity contribution in [3.05, 3.63) is 206 Å². The summed E-state index contributed by atoms with van der Waals surface area (Å²) in [5, 5.41) is 11.6. The van der Waals surface area contributed by atoms with Crippen LogP contribution in [0.5, 0.6) is 0 Å². The third-order valence-corrected chi connectivity index (χ3v) is 14.1. The zero-order valence-corrected chi connectivity index (χ0v) is 35.6. The number of fused-ring (bicyclic) bond motifs is 12. The summed E-state index contributed by atoms with van der Waals surface area (Å²) < 4.78 is 11.8. The van der Waals surface area contributed by atoms with E-state index in [1.54, 1.807) is 11.3 Å². The van der Waals surface area contributed by atoms with Crippen molar-refractivity contribution >= 4 is 96.8 Å². The Morgan fingerprint density at radius 3 is 1.85 bits per heavy atom. The lowest BCUT2D eigenvalue weighted by atomic mass is 10.0. The summed E-state index contributed by atoms with van der Waals surface area (Å²) in [5.74, 6) is 1.72. The van der Waals surface area contributed by atoms with Crippen molar-refractivity contribution in [2.24, 2.45) is 0 Å². The van der Waals surface area contributed by atoms with Crippen LogP contribution in [0, 0.1) is 0 Å². The van der Waals surface area contributed by atoms with Gasteiger partial charge in [0.05, 0.1) is 16.6 Å². The molecule has 0 radical (unpaired) electrons. The minimum absolute atomic E-state index is 0.537. The van der Waals surface area contributed by atoms with Gasteiger partial charge in [0, 0.05) is 58.5 Å². The summed E-state index contributed by atoms with van der Waals surface area (Å²) in [4.78, 5) is 16.0. The van der Waals surface area contributed by atoms with Crippen molar-refractivity contribution in [2.45, 2.75) is 0 Å². The van der Waals surface area contributed by atoms with E-state index < -0.39 is 0 Å².